The molecule has 0 spiro atoms. The Balaban J connectivity index is 2.55. The number of rotatable bonds is 3. The summed E-state index contributed by atoms with van der Waals surface area (Å²) < 4.78 is 21.4. The molecule has 0 fully saturated rings. The number of fused-ring (bicyclic) bond motifs is 3. The molecule has 3 rings (SSSR count). The Morgan fingerprint density at radius 2 is 1.73 bits per heavy atom. The summed E-state index contributed by atoms with van der Waals surface area (Å²) in [4.78, 5) is 12.3. The van der Waals surface area contributed by atoms with Crippen LogP contribution in [0.2, 0.25) is 0 Å². The Morgan fingerprint density at radius 1 is 0.955 bits per heavy atom. The van der Waals surface area contributed by atoms with E-state index < -0.39 is 5.63 Å². The summed E-state index contributed by atoms with van der Waals surface area (Å²) >= 11 is 0. The molecule has 0 amide bonds. The van der Waals surface area contributed by atoms with Gasteiger partial charge in [0.1, 0.15) is 5.75 Å². The molecule has 0 N–H and O–H groups in total. The average Bonchev–Trinajstić information content (AvgIpc) is 2.54. The van der Waals surface area contributed by atoms with E-state index in [9.17, 15) is 4.79 Å². The van der Waals surface area contributed by atoms with Crippen LogP contribution in [0.1, 0.15) is 5.56 Å². The molecule has 2 aromatic carbocycles. The first-order chi connectivity index (χ1) is 10.6. The maximum atomic E-state index is 12.3. The second-order valence-electron chi connectivity index (χ2n) is 4.93. The van der Waals surface area contributed by atoms with E-state index >= 15 is 0 Å². The van der Waals surface area contributed by atoms with Crippen LogP contribution in [-0.4, -0.2) is 21.3 Å². The van der Waals surface area contributed by atoms with Crippen molar-refractivity contribution in [2.75, 3.05) is 21.3 Å². The van der Waals surface area contributed by atoms with Crippen molar-refractivity contribution in [1.82, 2.24) is 0 Å². The van der Waals surface area contributed by atoms with E-state index in [4.69, 9.17) is 18.6 Å². The molecule has 0 unspecified atom stereocenters. The summed E-state index contributed by atoms with van der Waals surface area (Å²) in [7, 11) is 4.63. The lowest BCUT2D eigenvalue weighted by Gasteiger charge is -2.13. The number of methoxy groups -OCH3 is 3. The molecule has 0 aliphatic carbocycles. The lowest BCUT2D eigenvalue weighted by molar-refractivity contribution is 0.352. The van der Waals surface area contributed by atoms with Gasteiger partial charge in [-0.05, 0) is 36.8 Å². The zero-order valence-corrected chi connectivity index (χ0v) is 12.9. The molecular formula is C17H16O5. The molecule has 5 nitrogen and oxygen atoms in total. The van der Waals surface area contributed by atoms with E-state index in [0.717, 1.165) is 16.3 Å². The van der Waals surface area contributed by atoms with Crippen LogP contribution in [0, 0.1) is 6.92 Å². The molecule has 3 aromatic rings. The number of aryl methyl sites for hydroxylation is 1. The summed E-state index contributed by atoms with van der Waals surface area (Å²) in [5.41, 5.74) is 0.890. The highest BCUT2D eigenvalue weighted by Gasteiger charge is 2.18. The zero-order valence-electron chi connectivity index (χ0n) is 12.9. The van der Waals surface area contributed by atoms with Gasteiger partial charge in [0.2, 0.25) is 5.75 Å². The minimum atomic E-state index is -0.438. The van der Waals surface area contributed by atoms with Crippen LogP contribution >= 0.6 is 0 Å². The maximum Gasteiger partial charge on any atom is 0.344 e. The van der Waals surface area contributed by atoms with Crippen LogP contribution in [0.15, 0.2) is 33.5 Å². The normalized spacial score (nSPS) is 10.9. The van der Waals surface area contributed by atoms with Crippen molar-refractivity contribution in [2.45, 2.75) is 6.92 Å². The molecule has 0 saturated carbocycles. The van der Waals surface area contributed by atoms with Gasteiger partial charge < -0.3 is 18.6 Å². The molecule has 0 aliphatic rings. The Labute approximate surface area is 127 Å². The molecule has 1 aromatic heterocycles. The van der Waals surface area contributed by atoms with Crippen molar-refractivity contribution < 1.29 is 18.6 Å². The Bertz CT molecular complexity index is 924. The predicted octanol–water partition coefficient (Wildman–Crippen LogP) is 3.28. The van der Waals surface area contributed by atoms with Gasteiger partial charge in [-0.2, -0.15) is 0 Å². The third-order valence-electron chi connectivity index (χ3n) is 3.73. The SMILES string of the molecule is COc1ccc2c(c1)c(=O)oc1c(OC)c(OC)cc(C)c12. The van der Waals surface area contributed by atoms with Gasteiger partial charge in [0.25, 0.3) is 0 Å². The fourth-order valence-electron chi connectivity index (χ4n) is 2.70. The van der Waals surface area contributed by atoms with Crippen molar-refractivity contribution in [3.8, 4) is 17.2 Å². The third kappa shape index (κ3) is 1.97. The predicted molar refractivity (Wildman–Crippen MR) is 84.4 cm³/mol. The third-order valence-corrected chi connectivity index (χ3v) is 3.73. The molecule has 22 heavy (non-hydrogen) atoms. The van der Waals surface area contributed by atoms with E-state index in [1.54, 1.807) is 20.3 Å². The quantitative estimate of drug-likeness (QED) is 0.549. The molecule has 0 aliphatic heterocycles. The number of hydrogen-bond acceptors (Lipinski definition) is 5. The minimum absolute atomic E-state index is 0.391. The zero-order chi connectivity index (χ0) is 15.9. The van der Waals surface area contributed by atoms with Gasteiger partial charge in [0.15, 0.2) is 11.3 Å². The molecular weight excluding hydrogens is 284 g/mol. The summed E-state index contributed by atoms with van der Waals surface area (Å²) in [5.74, 6) is 1.55. The summed E-state index contributed by atoms with van der Waals surface area (Å²) in [6.45, 7) is 1.94. The van der Waals surface area contributed by atoms with Crippen LogP contribution < -0.4 is 19.8 Å². The van der Waals surface area contributed by atoms with Gasteiger partial charge in [-0.15, -0.1) is 0 Å². The van der Waals surface area contributed by atoms with E-state index in [1.807, 2.05) is 25.1 Å². The van der Waals surface area contributed by atoms with Crippen molar-refractivity contribution in [3.63, 3.8) is 0 Å². The molecule has 0 atom stereocenters. The summed E-state index contributed by atoms with van der Waals surface area (Å²) in [5, 5.41) is 2.10. The molecule has 0 radical (unpaired) electrons. The van der Waals surface area contributed by atoms with Crippen LogP contribution in [0.25, 0.3) is 21.7 Å². The largest absolute Gasteiger partial charge is 0.497 e. The molecule has 5 heteroatoms. The molecule has 114 valence electrons. The standard InChI is InChI=1S/C17H16O5/c1-9-7-13(20-3)15(21-4)16-14(9)11-6-5-10(19-2)8-12(11)17(18)22-16/h5-8H,1-4H3. The second-order valence-corrected chi connectivity index (χ2v) is 4.93. The first-order valence-corrected chi connectivity index (χ1v) is 6.76. The maximum absolute atomic E-state index is 12.3. The highest BCUT2D eigenvalue weighted by Crippen LogP contribution is 2.40. The Hall–Kier alpha value is -2.69. The van der Waals surface area contributed by atoms with Crippen molar-refractivity contribution in [1.29, 1.82) is 0 Å². The number of benzene rings is 2. The van der Waals surface area contributed by atoms with Gasteiger partial charge in [-0.25, -0.2) is 4.79 Å². The van der Waals surface area contributed by atoms with Crippen LogP contribution in [-0.2, 0) is 0 Å². The van der Waals surface area contributed by atoms with E-state index in [1.165, 1.54) is 7.11 Å². The Morgan fingerprint density at radius 3 is 2.36 bits per heavy atom. The minimum Gasteiger partial charge on any atom is -0.497 e. The van der Waals surface area contributed by atoms with Gasteiger partial charge in [0.05, 0.1) is 26.7 Å². The highest BCUT2D eigenvalue weighted by molar-refractivity contribution is 6.08. The smallest absolute Gasteiger partial charge is 0.344 e. The Kier molecular flexibility index (Phi) is 3.41. The van der Waals surface area contributed by atoms with E-state index in [-0.39, 0.29) is 0 Å². The van der Waals surface area contributed by atoms with Crippen LogP contribution in [0.3, 0.4) is 0 Å². The first-order valence-electron chi connectivity index (χ1n) is 6.76. The van der Waals surface area contributed by atoms with Crippen LogP contribution in [0.4, 0.5) is 0 Å². The second kappa shape index (κ2) is 5.26. The van der Waals surface area contributed by atoms with Crippen molar-refractivity contribution >= 4 is 21.7 Å². The molecule has 1 heterocycles. The molecule has 0 bridgehead atoms. The first kappa shape index (κ1) is 14.3. The lowest BCUT2D eigenvalue weighted by atomic mass is 10.0. The fraction of sp³-hybridized carbons (Fsp3) is 0.235. The average molecular weight is 300 g/mol. The van der Waals surface area contributed by atoms with Gasteiger partial charge >= 0.3 is 5.63 Å². The summed E-state index contributed by atoms with van der Waals surface area (Å²) in [6.07, 6.45) is 0. The molecule has 0 saturated heterocycles. The van der Waals surface area contributed by atoms with Gasteiger partial charge in [0, 0.05) is 10.8 Å². The van der Waals surface area contributed by atoms with Crippen LogP contribution in [0.5, 0.6) is 17.2 Å². The lowest BCUT2D eigenvalue weighted by Crippen LogP contribution is -2.03. The number of hydrogen-bond donors (Lipinski definition) is 0. The topological polar surface area (TPSA) is 57.9 Å². The monoisotopic (exact) mass is 300 g/mol. The number of ether oxygens (including phenoxy) is 3. The highest BCUT2D eigenvalue weighted by atomic mass is 16.5. The fourth-order valence-corrected chi connectivity index (χ4v) is 2.70. The van der Waals surface area contributed by atoms with Gasteiger partial charge in [-0.3, -0.25) is 0 Å². The van der Waals surface area contributed by atoms with Crippen molar-refractivity contribution in [3.05, 3.63) is 40.2 Å². The van der Waals surface area contributed by atoms with E-state index in [0.29, 0.717) is 28.2 Å². The summed E-state index contributed by atoms with van der Waals surface area (Å²) in [6, 6.07) is 7.21. The van der Waals surface area contributed by atoms with Crippen molar-refractivity contribution in [2.24, 2.45) is 0 Å². The van der Waals surface area contributed by atoms with E-state index in [2.05, 4.69) is 0 Å². The van der Waals surface area contributed by atoms with Gasteiger partial charge in [-0.1, -0.05) is 0 Å².